The molecule has 3 N–H and O–H groups in total. The first-order chi connectivity index (χ1) is 11.9. The highest BCUT2D eigenvalue weighted by molar-refractivity contribution is 5.85. The van der Waals surface area contributed by atoms with Crippen molar-refractivity contribution in [3.8, 4) is 0 Å². The fourth-order valence-corrected chi connectivity index (χ4v) is 3.40. The maximum Gasteiger partial charge on any atom is 0.227 e. The van der Waals surface area contributed by atoms with Crippen LogP contribution in [-0.4, -0.2) is 42.7 Å². The second-order valence-corrected chi connectivity index (χ2v) is 7.06. The van der Waals surface area contributed by atoms with E-state index in [1.807, 2.05) is 32.2 Å². The number of anilines is 1. The van der Waals surface area contributed by atoms with Gasteiger partial charge in [-0.2, -0.15) is 0 Å². The second-order valence-electron chi connectivity index (χ2n) is 7.06. The zero-order valence-corrected chi connectivity index (χ0v) is 18.4. The quantitative estimate of drug-likeness (QED) is 0.708. The zero-order valence-electron chi connectivity index (χ0n) is 16.7. The predicted molar refractivity (Wildman–Crippen MR) is 115 cm³/mol. The van der Waals surface area contributed by atoms with Crippen LogP contribution in [0.3, 0.4) is 0 Å². The minimum absolute atomic E-state index is 0. The summed E-state index contributed by atoms with van der Waals surface area (Å²) in [4.78, 5) is 19.3. The Labute approximate surface area is 175 Å². The summed E-state index contributed by atoms with van der Waals surface area (Å²) in [6, 6.07) is 4.04. The average molecular weight is 421 g/mol. The lowest BCUT2D eigenvalue weighted by molar-refractivity contribution is -0.131. The first-order valence-electron chi connectivity index (χ1n) is 9.27. The van der Waals surface area contributed by atoms with Gasteiger partial charge in [0.2, 0.25) is 5.91 Å². The molecule has 0 bridgehead atoms. The highest BCUT2D eigenvalue weighted by Crippen LogP contribution is 2.25. The van der Waals surface area contributed by atoms with Crippen molar-refractivity contribution in [1.82, 2.24) is 10.3 Å². The number of carbonyl (C=O) groups is 1. The van der Waals surface area contributed by atoms with Crippen molar-refractivity contribution in [2.75, 3.05) is 24.5 Å². The van der Waals surface area contributed by atoms with Gasteiger partial charge in [-0.15, -0.1) is 24.8 Å². The van der Waals surface area contributed by atoms with Gasteiger partial charge in [-0.3, -0.25) is 4.79 Å². The molecule has 1 aliphatic rings. The highest BCUT2D eigenvalue weighted by Gasteiger charge is 2.33. The number of nitrogens with one attached hydrogen (secondary N) is 1. The Kier molecular flexibility index (Phi) is 11.2. The van der Waals surface area contributed by atoms with Crippen LogP contribution in [0.4, 0.5) is 5.82 Å². The van der Waals surface area contributed by atoms with Crippen molar-refractivity contribution in [2.45, 2.75) is 59.3 Å². The van der Waals surface area contributed by atoms with E-state index in [9.17, 15) is 4.79 Å². The molecule has 2 rings (SSSR count). The summed E-state index contributed by atoms with van der Waals surface area (Å²) in [5.41, 5.74) is 6.36. The number of hydrogen-bond donors (Lipinski definition) is 2. The maximum absolute atomic E-state index is 12.5. The maximum atomic E-state index is 12.5. The van der Waals surface area contributed by atoms with Gasteiger partial charge in [-0.25, -0.2) is 4.98 Å². The molecule has 1 saturated heterocycles. The standard InChI is InChI=1S/C19H32N4O2.2ClH/c1-5-19(6-2,13-20)18(24)22-10-16-7-8-17(21-9-16)23-11-14(3)25-15(4)12-23;;/h7-9,14-15H,5-6,10-13,20H2,1-4H3,(H,22,24);2*1H. The molecule has 2 unspecified atom stereocenters. The van der Waals surface area contributed by atoms with Crippen LogP contribution in [0.2, 0.25) is 0 Å². The Hall–Kier alpha value is -1.08. The third kappa shape index (κ3) is 6.49. The molecule has 0 spiro atoms. The molecule has 1 aromatic rings. The Morgan fingerprint density at radius 3 is 2.30 bits per heavy atom. The molecule has 6 nitrogen and oxygen atoms in total. The third-order valence-electron chi connectivity index (χ3n) is 5.23. The van der Waals surface area contributed by atoms with Gasteiger partial charge in [0.1, 0.15) is 5.82 Å². The number of nitrogens with zero attached hydrogens (tertiary/aromatic N) is 2. The van der Waals surface area contributed by atoms with Crippen LogP contribution in [-0.2, 0) is 16.1 Å². The van der Waals surface area contributed by atoms with Crippen LogP contribution < -0.4 is 16.0 Å². The molecule has 156 valence electrons. The van der Waals surface area contributed by atoms with Crippen LogP contribution in [0.15, 0.2) is 18.3 Å². The number of hydrogen-bond acceptors (Lipinski definition) is 5. The molecule has 2 heterocycles. The highest BCUT2D eigenvalue weighted by atomic mass is 35.5. The van der Waals surface area contributed by atoms with Crippen molar-refractivity contribution in [3.63, 3.8) is 0 Å². The van der Waals surface area contributed by atoms with Gasteiger partial charge in [0.25, 0.3) is 0 Å². The topological polar surface area (TPSA) is 80.5 Å². The fourth-order valence-electron chi connectivity index (χ4n) is 3.40. The average Bonchev–Trinajstić information content (AvgIpc) is 2.61. The van der Waals surface area contributed by atoms with Gasteiger partial charge < -0.3 is 20.7 Å². The Morgan fingerprint density at radius 1 is 1.26 bits per heavy atom. The molecular weight excluding hydrogens is 387 g/mol. The molecular formula is C19H34Cl2N4O2. The van der Waals surface area contributed by atoms with E-state index in [0.717, 1.165) is 37.3 Å². The van der Waals surface area contributed by atoms with Gasteiger partial charge >= 0.3 is 0 Å². The molecule has 0 radical (unpaired) electrons. The summed E-state index contributed by atoms with van der Waals surface area (Å²) in [7, 11) is 0. The number of pyridine rings is 1. The van der Waals surface area contributed by atoms with Crippen LogP contribution in [0, 0.1) is 5.41 Å². The number of carbonyl (C=O) groups excluding carboxylic acids is 1. The first kappa shape index (κ1) is 25.9. The summed E-state index contributed by atoms with van der Waals surface area (Å²) in [6.07, 6.45) is 3.74. The normalized spacial score (nSPS) is 19.7. The largest absolute Gasteiger partial charge is 0.372 e. The van der Waals surface area contributed by atoms with Crippen LogP contribution >= 0.6 is 24.8 Å². The molecule has 0 saturated carbocycles. The number of halogens is 2. The van der Waals surface area contributed by atoms with E-state index >= 15 is 0 Å². The van der Waals surface area contributed by atoms with Gasteiger partial charge in [0, 0.05) is 32.4 Å². The zero-order chi connectivity index (χ0) is 18.4. The monoisotopic (exact) mass is 420 g/mol. The summed E-state index contributed by atoms with van der Waals surface area (Å²) in [5, 5.41) is 3.01. The first-order valence-corrected chi connectivity index (χ1v) is 9.27. The third-order valence-corrected chi connectivity index (χ3v) is 5.23. The lowest BCUT2D eigenvalue weighted by Gasteiger charge is -2.36. The van der Waals surface area contributed by atoms with E-state index in [1.165, 1.54) is 0 Å². The number of amides is 1. The Morgan fingerprint density at radius 2 is 1.85 bits per heavy atom. The second kappa shape index (κ2) is 11.7. The van der Waals surface area contributed by atoms with E-state index in [-0.39, 0.29) is 42.9 Å². The molecule has 1 aromatic heterocycles. The van der Waals surface area contributed by atoms with Crippen molar-refractivity contribution in [1.29, 1.82) is 0 Å². The van der Waals surface area contributed by atoms with E-state index in [4.69, 9.17) is 10.5 Å². The number of ether oxygens (including phenoxy) is 1. The molecule has 1 amide bonds. The van der Waals surface area contributed by atoms with Gasteiger partial charge in [0.15, 0.2) is 0 Å². The van der Waals surface area contributed by atoms with Crippen LogP contribution in [0.1, 0.15) is 46.1 Å². The predicted octanol–water partition coefficient (Wildman–Crippen LogP) is 2.92. The van der Waals surface area contributed by atoms with Crippen LogP contribution in [0.5, 0.6) is 0 Å². The smallest absolute Gasteiger partial charge is 0.227 e. The number of nitrogens with two attached hydrogens (primary N) is 1. The van der Waals surface area contributed by atoms with E-state index in [1.54, 1.807) is 0 Å². The Balaban J connectivity index is 0.00000338. The molecule has 2 atom stereocenters. The minimum Gasteiger partial charge on any atom is -0.372 e. The summed E-state index contributed by atoms with van der Waals surface area (Å²) >= 11 is 0. The molecule has 8 heteroatoms. The number of morpholine rings is 1. The van der Waals surface area contributed by atoms with Crippen molar-refractivity contribution >= 4 is 36.5 Å². The van der Waals surface area contributed by atoms with Crippen molar-refractivity contribution in [3.05, 3.63) is 23.9 Å². The van der Waals surface area contributed by atoms with Gasteiger partial charge in [0.05, 0.1) is 17.6 Å². The minimum atomic E-state index is -0.465. The molecule has 0 aromatic carbocycles. The molecule has 1 fully saturated rings. The van der Waals surface area contributed by atoms with E-state index in [2.05, 4.69) is 29.0 Å². The number of rotatable bonds is 7. The molecule has 27 heavy (non-hydrogen) atoms. The van der Waals surface area contributed by atoms with Gasteiger partial charge in [-0.1, -0.05) is 19.9 Å². The lowest BCUT2D eigenvalue weighted by Crippen LogP contribution is -2.46. The number of aromatic nitrogens is 1. The summed E-state index contributed by atoms with van der Waals surface area (Å²) in [6.45, 7) is 10.7. The summed E-state index contributed by atoms with van der Waals surface area (Å²) < 4.78 is 5.76. The van der Waals surface area contributed by atoms with Crippen molar-refractivity contribution in [2.24, 2.45) is 11.1 Å². The molecule has 1 aliphatic heterocycles. The SMILES string of the molecule is CCC(CC)(CN)C(=O)NCc1ccc(N2CC(C)OC(C)C2)nc1.Cl.Cl. The van der Waals surface area contributed by atoms with E-state index < -0.39 is 5.41 Å². The molecule has 0 aliphatic carbocycles. The summed E-state index contributed by atoms with van der Waals surface area (Å²) in [5.74, 6) is 0.982. The lowest BCUT2D eigenvalue weighted by atomic mass is 9.81. The van der Waals surface area contributed by atoms with Crippen molar-refractivity contribution < 1.29 is 9.53 Å². The van der Waals surface area contributed by atoms with Crippen LogP contribution in [0.25, 0.3) is 0 Å². The fraction of sp³-hybridized carbons (Fsp3) is 0.684. The van der Waals surface area contributed by atoms with E-state index in [0.29, 0.717) is 13.1 Å². The Bertz CT molecular complexity index is 549. The van der Waals surface area contributed by atoms with Gasteiger partial charge in [-0.05, 0) is 38.3 Å².